The van der Waals surface area contributed by atoms with Crippen LogP contribution in [0.15, 0.2) is 54.6 Å². The Labute approximate surface area is 132 Å². The van der Waals surface area contributed by atoms with Gasteiger partial charge in [-0.3, -0.25) is 4.79 Å². The largest absolute Gasteiger partial charge is 0.303 e. The Morgan fingerprint density at radius 3 is 2.18 bits per heavy atom. The Hall–Kier alpha value is -1.93. The Bertz CT molecular complexity index is 597. The molecule has 0 aliphatic carbocycles. The van der Waals surface area contributed by atoms with Gasteiger partial charge in [0.05, 0.1) is 0 Å². The predicted octanol–water partition coefficient (Wildman–Crippen LogP) is 4.41. The van der Waals surface area contributed by atoms with E-state index in [9.17, 15) is 4.79 Å². The summed E-state index contributed by atoms with van der Waals surface area (Å²) in [6.45, 7) is 3.48. The molecule has 2 heteroatoms. The van der Waals surface area contributed by atoms with Gasteiger partial charge in [0.25, 0.3) is 0 Å². The molecule has 1 fully saturated rings. The third kappa shape index (κ3) is 3.83. The SMILES string of the molecule is O=C(CCCN1CCCC1)c1ccc(-c2ccccc2)cc1. The van der Waals surface area contributed by atoms with Crippen LogP contribution < -0.4 is 0 Å². The highest BCUT2D eigenvalue weighted by atomic mass is 16.1. The van der Waals surface area contributed by atoms with Crippen molar-refractivity contribution < 1.29 is 4.79 Å². The zero-order valence-electron chi connectivity index (χ0n) is 13.0. The summed E-state index contributed by atoms with van der Waals surface area (Å²) in [5, 5.41) is 0. The second-order valence-electron chi connectivity index (χ2n) is 6.02. The number of carbonyl (C=O) groups excluding carboxylic acids is 1. The van der Waals surface area contributed by atoms with Crippen LogP contribution in [0.4, 0.5) is 0 Å². The van der Waals surface area contributed by atoms with E-state index in [4.69, 9.17) is 0 Å². The fourth-order valence-electron chi connectivity index (χ4n) is 3.09. The molecule has 0 bridgehead atoms. The monoisotopic (exact) mass is 293 g/mol. The van der Waals surface area contributed by atoms with Crippen molar-refractivity contribution in [1.82, 2.24) is 4.90 Å². The Kier molecular flexibility index (Phi) is 5.02. The average Bonchev–Trinajstić information content (AvgIpc) is 3.09. The van der Waals surface area contributed by atoms with E-state index in [0.717, 1.165) is 24.1 Å². The van der Waals surface area contributed by atoms with Crippen molar-refractivity contribution in [3.05, 3.63) is 60.2 Å². The molecule has 1 aliphatic heterocycles. The van der Waals surface area contributed by atoms with Gasteiger partial charge in [-0.15, -0.1) is 0 Å². The lowest BCUT2D eigenvalue weighted by molar-refractivity contribution is 0.0976. The Morgan fingerprint density at radius 1 is 0.864 bits per heavy atom. The number of carbonyl (C=O) groups is 1. The first-order valence-electron chi connectivity index (χ1n) is 8.24. The summed E-state index contributed by atoms with van der Waals surface area (Å²) in [5.41, 5.74) is 3.19. The smallest absolute Gasteiger partial charge is 0.162 e. The molecule has 0 unspecified atom stereocenters. The van der Waals surface area contributed by atoms with Crippen molar-refractivity contribution in [3.63, 3.8) is 0 Å². The number of hydrogen-bond acceptors (Lipinski definition) is 2. The fraction of sp³-hybridized carbons (Fsp3) is 0.350. The first-order valence-corrected chi connectivity index (χ1v) is 8.24. The molecule has 0 N–H and O–H groups in total. The maximum Gasteiger partial charge on any atom is 0.162 e. The zero-order valence-corrected chi connectivity index (χ0v) is 13.0. The standard InChI is InChI=1S/C20H23NO/c22-20(9-6-16-21-14-4-5-15-21)19-12-10-18(11-13-19)17-7-2-1-3-8-17/h1-3,7-8,10-13H,4-6,9,14-16H2. The number of rotatable bonds is 6. The van der Waals surface area contributed by atoms with Crippen molar-refractivity contribution in [3.8, 4) is 11.1 Å². The molecule has 2 aromatic rings. The van der Waals surface area contributed by atoms with Gasteiger partial charge in [0.2, 0.25) is 0 Å². The van der Waals surface area contributed by atoms with Crippen LogP contribution >= 0.6 is 0 Å². The molecule has 0 spiro atoms. The molecule has 1 aliphatic rings. The molecule has 114 valence electrons. The lowest BCUT2D eigenvalue weighted by Crippen LogP contribution is -2.21. The first-order chi connectivity index (χ1) is 10.8. The van der Waals surface area contributed by atoms with E-state index in [0.29, 0.717) is 6.42 Å². The number of ketones is 1. The topological polar surface area (TPSA) is 20.3 Å². The van der Waals surface area contributed by atoms with Crippen LogP contribution in [0.2, 0.25) is 0 Å². The van der Waals surface area contributed by atoms with Gasteiger partial charge < -0.3 is 4.90 Å². The van der Waals surface area contributed by atoms with Gasteiger partial charge in [-0.05, 0) is 50.0 Å². The van der Waals surface area contributed by atoms with E-state index in [-0.39, 0.29) is 5.78 Å². The van der Waals surface area contributed by atoms with E-state index in [1.807, 2.05) is 42.5 Å². The van der Waals surface area contributed by atoms with Crippen LogP contribution in [-0.2, 0) is 0 Å². The second-order valence-corrected chi connectivity index (χ2v) is 6.02. The average molecular weight is 293 g/mol. The summed E-state index contributed by atoms with van der Waals surface area (Å²) in [6.07, 6.45) is 4.25. The van der Waals surface area contributed by atoms with Crippen LogP contribution in [0, 0.1) is 0 Å². The summed E-state index contributed by atoms with van der Waals surface area (Å²) >= 11 is 0. The molecule has 2 aromatic carbocycles. The van der Waals surface area contributed by atoms with Gasteiger partial charge in [-0.25, -0.2) is 0 Å². The lowest BCUT2D eigenvalue weighted by Gasteiger charge is -2.13. The maximum atomic E-state index is 12.2. The molecule has 0 amide bonds. The summed E-state index contributed by atoms with van der Waals surface area (Å²) in [4.78, 5) is 14.7. The minimum absolute atomic E-state index is 0.263. The molecule has 1 heterocycles. The normalized spacial score (nSPS) is 15.1. The van der Waals surface area contributed by atoms with Crippen molar-refractivity contribution in [2.24, 2.45) is 0 Å². The van der Waals surface area contributed by atoms with Crippen LogP contribution in [0.5, 0.6) is 0 Å². The number of hydrogen-bond donors (Lipinski definition) is 0. The summed E-state index contributed by atoms with van der Waals surface area (Å²) in [7, 11) is 0. The number of likely N-dealkylation sites (tertiary alicyclic amines) is 1. The molecule has 0 saturated carbocycles. The van der Waals surface area contributed by atoms with Crippen molar-refractivity contribution in [2.45, 2.75) is 25.7 Å². The van der Waals surface area contributed by atoms with Gasteiger partial charge in [0.15, 0.2) is 5.78 Å². The molecular weight excluding hydrogens is 270 g/mol. The maximum absolute atomic E-state index is 12.2. The number of Topliss-reactive ketones (excluding diaryl/α,β-unsaturated/α-hetero) is 1. The predicted molar refractivity (Wildman–Crippen MR) is 91.1 cm³/mol. The number of benzene rings is 2. The van der Waals surface area contributed by atoms with E-state index in [1.54, 1.807) is 0 Å². The Balaban J connectivity index is 1.54. The van der Waals surface area contributed by atoms with Crippen LogP contribution in [0.25, 0.3) is 11.1 Å². The van der Waals surface area contributed by atoms with Crippen LogP contribution in [-0.4, -0.2) is 30.3 Å². The molecule has 3 rings (SSSR count). The summed E-state index contributed by atoms with van der Waals surface area (Å²) in [6, 6.07) is 18.3. The molecule has 0 aromatic heterocycles. The van der Waals surface area contributed by atoms with Crippen molar-refractivity contribution in [1.29, 1.82) is 0 Å². The minimum Gasteiger partial charge on any atom is -0.303 e. The highest BCUT2D eigenvalue weighted by Crippen LogP contribution is 2.20. The van der Waals surface area contributed by atoms with Gasteiger partial charge in [0.1, 0.15) is 0 Å². The van der Waals surface area contributed by atoms with E-state index >= 15 is 0 Å². The first kappa shape index (κ1) is 15.0. The van der Waals surface area contributed by atoms with Gasteiger partial charge in [-0.1, -0.05) is 54.6 Å². The molecule has 2 nitrogen and oxygen atoms in total. The van der Waals surface area contributed by atoms with Gasteiger partial charge >= 0.3 is 0 Å². The van der Waals surface area contributed by atoms with E-state index in [1.165, 1.54) is 31.5 Å². The third-order valence-electron chi connectivity index (χ3n) is 4.39. The van der Waals surface area contributed by atoms with Gasteiger partial charge in [0, 0.05) is 12.0 Å². The third-order valence-corrected chi connectivity index (χ3v) is 4.39. The Morgan fingerprint density at radius 2 is 1.50 bits per heavy atom. The van der Waals surface area contributed by atoms with E-state index < -0.39 is 0 Å². The van der Waals surface area contributed by atoms with Gasteiger partial charge in [-0.2, -0.15) is 0 Å². The molecule has 22 heavy (non-hydrogen) atoms. The molecule has 0 atom stereocenters. The van der Waals surface area contributed by atoms with Crippen molar-refractivity contribution in [2.75, 3.05) is 19.6 Å². The second kappa shape index (κ2) is 7.37. The van der Waals surface area contributed by atoms with E-state index in [2.05, 4.69) is 17.0 Å². The molecule has 1 saturated heterocycles. The fourth-order valence-corrected chi connectivity index (χ4v) is 3.09. The lowest BCUT2D eigenvalue weighted by atomic mass is 10.0. The molecule has 0 radical (unpaired) electrons. The summed E-state index contributed by atoms with van der Waals surface area (Å²) < 4.78 is 0. The summed E-state index contributed by atoms with van der Waals surface area (Å²) in [5.74, 6) is 0.263. The molecular formula is C20H23NO. The quantitative estimate of drug-likeness (QED) is 0.735. The zero-order chi connectivity index (χ0) is 15.2. The highest BCUT2D eigenvalue weighted by molar-refractivity contribution is 5.96. The van der Waals surface area contributed by atoms with Crippen LogP contribution in [0.3, 0.4) is 0 Å². The number of nitrogens with zero attached hydrogens (tertiary/aromatic N) is 1. The minimum atomic E-state index is 0.263. The highest BCUT2D eigenvalue weighted by Gasteiger charge is 2.12. The van der Waals surface area contributed by atoms with Crippen LogP contribution in [0.1, 0.15) is 36.0 Å². The van der Waals surface area contributed by atoms with Crippen molar-refractivity contribution >= 4 is 5.78 Å².